The Bertz CT molecular complexity index is 2190. The highest BCUT2D eigenvalue weighted by molar-refractivity contribution is 7.99. The van der Waals surface area contributed by atoms with Crippen molar-refractivity contribution in [2.24, 2.45) is 17.8 Å². The summed E-state index contributed by atoms with van der Waals surface area (Å²) in [5.41, 5.74) is 1.00. The molecule has 0 aliphatic rings. The summed E-state index contributed by atoms with van der Waals surface area (Å²) in [6.07, 6.45) is 1.90. The van der Waals surface area contributed by atoms with Crippen molar-refractivity contribution in [3.8, 4) is 0 Å². The third-order valence-corrected chi connectivity index (χ3v) is 15.1. The average molecular weight is 1120 g/mol. The molecule has 0 bridgehead atoms. The Labute approximate surface area is 464 Å². The van der Waals surface area contributed by atoms with Gasteiger partial charge in [0.15, 0.2) is 6.10 Å². The number of aliphatic carboxylic acids is 1. The highest BCUT2D eigenvalue weighted by Gasteiger charge is 2.39. The van der Waals surface area contributed by atoms with Gasteiger partial charge in [0.05, 0.1) is 37.0 Å². The number of alkyl carbamates (subject to hydrolysis) is 1. The van der Waals surface area contributed by atoms with Gasteiger partial charge in [0.25, 0.3) is 5.91 Å². The van der Waals surface area contributed by atoms with Gasteiger partial charge in [-0.3, -0.25) is 38.5 Å². The number of nitrogens with zero attached hydrogens (tertiary/aromatic N) is 3. The average Bonchev–Trinajstić information content (AvgIpc) is 3.88. The molecule has 0 saturated heterocycles. The molecule has 1 aromatic carbocycles. The van der Waals surface area contributed by atoms with Crippen LogP contribution in [0.3, 0.4) is 0 Å². The number of carboxylic acids is 1. The minimum absolute atomic E-state index is 0.00887. The Balaban J connectivity index is 2.51. The van der Waals surface area contributed by atoms with Crippen LogP contribution < -0.4 is 31.9 Å². The number of hydrogen-bond donors (Lipinski definition) is 7. The van der Waals surface area contributed by atoms with E-state index < -0.39 is 77.6 Å². The molecule has 7 amide bonds. The van der Waals surface area contributed by atoms with E-state index in [1.54, 1.807) is 58.8 Å². The minimum atomic E-state index is -1.23. The molecule has 1 aromatic heterocycles. The summed E-state index contributed by atoms with van der Waals surface area (Å²) in [6.45, 7) is 17.6. The van der Waals surface area contributed by atoms with Crippen molar-refractivity contribution in [3.05, 3.63) is 51.5 Å². The van der Waals surface area contributed by atoms with Gasteiger partial charge in [0, 0.05) is 51.1 Å². The van der Waals surface area contributed by atoms with E-state index in [4.69, 9.17) is 14.2 Å². The normalized spacial score (nSPS) is 14.7. The summed E-state index contributed by atoms with van der Waals surface area (Å²) in [5, 5.41) is 28.4. The number of carbonyl (C=O) groups excluding carboxylic acids is 7. The molecule has 434 valence electrons. The van der Waals surface area contributed by atoms with E-state index >= 15 is 0 Å². The second kappa shape index (κ2) is 34.5. The van der Waals surface area contributed by atoms with Crippen LogP contribution in [0.4, 0.5) is 4.79 Å². The number of unbranched alkanes of at least 4 members (excludes halogenated alkanes) is 1. The van der Waals surface area contributed by atoms with Crippen LogP contribution in [-0.2, 0) is 49.4 Å². The number of thioether (sulfide) groups is 1. The number of carboxylic acid groups (broad SMARTS) is 1. The summed E-state index contributed by atoms with van der Waals surface area (Å²) >= 11 is 2.45. The van der Waals surface area contributed by atoms with Crippen molar-refractivity contribution in [2.45, 2.75) is 149 Å². The molecule has 77 heavy (non-hydrogen) atoms. The first-order chi connectivity index (χ1) is 36.3. The number of nitrogens with one attached hydrogen (secondary N) is 6. The number of thiazole rings is 1. The monoisotopic (exact) mass is 1120 g/mol. The number of aromatic nitrogens is 1. The lowest BCUT2D eigenvalue weighted by Gasteiger charge is -2.38. The van der Waals surface area contributed by atoms with Crippen molar-refractivity contribution in [3.63, 3.8) is 0 Å². The van der Waals surface area contributed by atoms with Crippen molar-refractivity contribution < 1.29 is 57.7 Å². The van der Waals surface area contributed by atoms with Gasteiger partial charge < -0.3 is 56.1 Å². The highest BCUT2D eigenvalue weighted by atomic mass is 32.2. The van der Waals surface area contributed by atoms with E-state index in [9.17, 15) is 43.5 Å². The van der Waals surface area contributed by atoms with Gasteiger partial charge in [-0.25, -0.2) is 9.78 Å². The number of amides is 7. The Morgan fingerprint density at radius 3 is 2.12 bits per heavy atom. The fraction of sp³-hybridized carbons (Fsp3) is 0.685. The van der Waals surface area contributed by atoms with Crippen LogP contribution in [0.5, 0.6) is 0 Å². The maximum absolute atomic E-state index is 14.6. The molecule has 4 unspecified atom stereocenters. The maximum Gasteiger partial charge on any atom is 0.408 e. The fourth-order valence-electron chi connectivity index (χ4n) is 7.88. The topological polar surface area (TPSA) is 276 Å². The number of likely N-dealkylation sites (N-methyl/N-ethyl adjacent to an activating group) is 2. The Morgan fingerprint density at radius 2 is 1.52 bits per heavy atom. The van der Waals surface area contributed by atoms with E-state index in [1.807, 2.05) is 65.1 Å². The lowest BCUT2D eigenvalue weighted by molar-refractivity contribution is -0.142. The van der Waals surface area contributed by atoms with Crippen LogP contribution in [0.1, 0.15) is 127 Å². The van der Waals surface area contributed by atoms with Gasteiger partial charge in [-0.1, -0.05) is 70.9 Å². The fourth-order valence-corrected chi connectivity index (χ4v) is 9.08. The molecule has 2 aromatic rings. The predicted molar refractivity (Wildman–Crippen MR) is 300 cm³/mol. The second-order valence-corrected chi connectivity index (χ2v) is 22.4. The lowest BCUT2D eigenvalue weighted by atomic mass is 9.92. The van der Waals surface area contributed by atoms with E-state index in [1.165, 1.54) is 24.1 Å². The minimum Gasteiger partial charge on any atom is -0.481 e. The zero-order valence-corrected chi connectivity index (χ0v) is 49.5. The summed E-state index contributed by atoms with van der Waals surface area (Å²) in [7, 11) is 6.74. The standard InChI is InChI=1S/C54H89N9O12S2/c1-15-35(5)45(61-52(71)54(8,9)62(10)11)50(68)63(12)42(33(2)3)30-43(49-60-41(31-77-49)48(67)58-39(28-36(6)51(69)70)29-38-21-19-34(4)20-22-38)75-53(72)57-37(7)46(65)59-40(18-16-17-23-55-44(64)32-76-14)47(66)56-24-25-74-27-26-73-13/h19-22,31,33,35-37,39-40,42-43,45H,15-18,23-30,32H2,1-14H3,(H,55,64)(H,56,66)(H,57,72)(H,58,67)(H,59,65)(H,61,71)(H,69,70)/t35?,36?,37?,39-,40?,42-,43-,45+/m1/s1. The summed E-state index contributed by atoms with van der Waals surface area (Å²) in [6, 6.07) is 3.38. The highest BCUT2D eigenvalue weighted by Crippen LogP contribution is 2.31. The van der Waals surface area contributed by atoms with Crippen LogP contribution in [0, 0.1) is 24.7 Å². The molecule has 0 aliphatic carbocycles. The molecular weight excluding hydrogens is 1030 g/mol. The number of methoxy groups -OCH3 is 1. The Hall–Kier alpha value is -5.36. The molecular formula is C54H89N9O12S2. The zero-order chi connectivity index (χ0) is 58.0. The largest absolute Gasteiger partial charge is 0.481 e. The Morgan fingerprint density at radius 1 is 0.844 bits per heavy atom. The van der Waals surface area contributed by atoms with E-state index in [0.29, 0.717) is 51.2 Å². The molecule has 0 aliphatic heterocycles. The predicted octanol–water partition coefficient (Wildman–Crippen LogP) is 4.72. The van der Waals surface area contributed by atoms with Crippen molar-refractivity contribution in [1.82, 2.24) is 46.7 Å². The smallest absolute Gasteiger partial charge is 0.408 e. The van der Waals surface area contributed by atoms with Gasteiger partial charge >= 0.3 is 12.1 Å². The van der Waals surface area contributed by atoms with E-state index in [-0.39, 0.29) is 72.7 Å². The third kappa shape index (κ3) is 23.6. The number of benzene rings is 1. The summed E-state index contributed by atoms with van der Waals surface area (Å²) in [5.74, 6) is -4.49. The molecule has 0 radical (unpaired) electrons. The molecule has 2 rings (SSSR count). The van der Waals surface area contributed by atoms with Gasteiger partial charge in [0.1, 0.15) is 28.8 Å². The number of rotatable bonds is 36. The molecule has 1 heterocycles. The molecule has 21 nitrogen and oxygen atoms in total. The van der Waals surface area contributed by atoms with Crippen LogP contribution in [0.25, 0.3) is 0 Å². The SMILES string of the molecule is CCC(C)[C@H](NC(=O)C(C)(C)N(C)C)C(=O)N(C)[C@H](C[C@@H](OC(=O)NC(C)C(=O)NC(CCCCNC(=O)CSC)C(=O)NCCOCCOC)c1nc(C(=O)N[C@@H](Cc2ccc(C)cc2)CC(C)C(=O)O)cs1)C(C)C. The van der Waals surface area contributed by atoms with E-state index in [2.05, 4.69) is 36.9 Å². The van der Waals surface area contributed by atoms with Crippen molar-refractivity contribution in [2.75, 3.05) is 73.2 Å². The zero-order valence-electron chi connectivity index (χ0n) is 47.9. The van der Waals surface area contributed by atoms with Crippen LogP contribution in [-0.4, -0.2) is 176 Å². The number of hydrogen-bond acceptors (Lipinski definition) is 15. The molecule has 8 atom stereocenters. The quantitative estimate of drug-likeness (QED) is 0.0455. The molecule has 0 spiro atoms. The van der Waals surface area contributed by atoms with Gasteiger partial charge in [-0.15, -0.1) is 11.3 Å². The maximum atomic E-state index is 14.6. The lowest BCUT2D eigenvalue weighted by Crippen LogP contribution is -2.60. The number of ether oxygens (including phenoxy) is 3. The van der Waals surface area contributed by atoms with Gasteiger partial charge in [-0.2, -0.15) is 11.8 Å². The van der Waals surface area contributed by atoms with Gasteiger partial charge in [0.2, 0.25) is 29.5 Å². The second-order valence-electron chi connectivity index (χ2n) is 20.7. The molecule has 0 fully saturated rings. The first-order valence-corrected chi connectivity index (χ1v) is 28.7. The van der Waals surface area contributed by atoms with Crippen LogP contribution >= 0.6 is 23.1 Å². The first-order valence-electron chi connectivity index (χ1n) is 26.4. The van der Waals surface area contributed by atoms with E-state index in [0.717, 1.165) is 22.5 Å². The van der Waals surface area contributed by atoms with Gasteiger partial charge in [-0.05, 0) is 97.5 Å². The Kier molecular flexibility index (Phi) is 30.4. The summed E-state index contributed by atoms with van der Waals surface area (Å²) < 4.78 is 16.6. The van der Waals surface area contributed by atoms with Crippen LogP contribution in [0.15, 0.2) is 29.6 Å². The third-order valence-electron chi connectivity index (χ3n) is 13.6. The van der Waals surface area contributed by atoms with Crippen LogP contribution in [0.2, 0.25) is 0 Å². The number of carbonyl (C=O) groups is 8. The number of aryl methyl sites for hydroxylation is 1. The molecule has 7 N–H and O–H groups in total. The molecule has 23 heteroatoms. The van der Waals surface area contributed by atoms with Crippen molar-refractivity contribution >= 4 is 70.6 Å². The molecule has 0 saturated carbocycles. The first kappa shape index (κ1) is 67.7. The van der Waals surface area contributed by atoms with Crippen molar-refractivity contribution in [1.29, 1.82) is 0 Å². The summed E-state index contributed by atoms with van der Waals surface area (Å²) in [4.78, 5) is 115.